The lowest BCUT2D eigenvalue weighted by Gasteiger charge is -2.41. The summed E-state index contributed by atoms with van der Waals surface area (Å²) >= 11 is 5.99. The van der Waals surface area contributed by atoms with Gasteiger partial charge in [-0.2, -0.15) is 0 Å². The molecule has 94 valence electrons. The van der Waals surface area contributed by atoms with Crippen LogP contribution in [0.25, 0.3) is 0 Å². The highest BCUT2D eigenvalue weighted by Gasteiger charge is 2.35. The minimum Gasteiger partial charge on any atom is -0.495 e. The fourth-order valence-electron chi connectivity index (χ4n) is 2.23. The first-order valence-corrected chi connectivity index (χ1v) is 6.34. The summed E-state index contributed by atoms with van der Waals surface area (Å²) in [5.74, 6) is 0.820. The van der Waals surface area contributed by atoms with Crippen LogP contribution in [0.15, 0.2) is 18.2 Å². The van der Waals surface area contributed by atoms with Crippen molar-refractivity contribution in [2.45, 2.75) is 19.3 Å². The molecule has 1 saturated carbocycles. The largest absolute Gasteiger partial charge is 0.495 e. The first-order chi connectivity index (χ1) is 8.19. The second kappa shape index (κ2) is 5.15. The molecule has 2 rings (SSSR count). The number of nitrogens with one attached hydrogen (secondary N) is 1. The van der Waals surface area contributed by atoms with Crippen LogP contribution in [0.5, 0.6) is 5.75 Å². The molecule has 0 unspecified atom stereocenters. The standard InChI is InChI=1S/C13H19ClN2O/c1-17-12-4-3-10(14)7-11(12)16-9-13(8-15)5-2-6-13/h3-4,7,16H,2,5-6,8-9,15H2,1H3. The Labute approximate surface area is 107 Å². The Morgan fingerprint density at radius 2 is 2.24 bits per heavy atom. The van der Waals surface area contributed by atoms with Crippen molar-refractivity contribution in [2.24, 2.45) is 11.1 Å². The van der Waals surface area contributed by atoms with Gasteiger partial charge in [-0.05, 0) is 43.0 Å². The van der Waals surface area contributed by atoms with Gasteiger partial charge in [0.15, 0.2) is 0 Å². The molecule has 0 amide bonds. The van der Waals surface area contributed by atoms with Gasteiger partial charge in [-0.15, -0.1) is 0 Å². The van der Waals surface area contributed by atoms with Crippen LogP contribution in [0.3, 0.4) is 0 Å². The average Bonchev–Trinajstić information content (AvgIpc) is 2.28. The minimum atomic E-state index is 0.271. The quantitative estimate of drug-likeness (QED) is 0.850. The van der Waals surface area contributed by atoms with E-state index in [1.165, 1.54) is 19.3 Å². The lowest BCUT2D eigenvalue weighted by atomic mass is 9.69. The number of benzene rings is 1. The highest BCUT2D eigenvalue weighted by atomic mass is 35.5. The third-order valence-corrected chi connectivity index (χ3v) is 3.90. The van der Waals surface area contributed by atoms with E-state index in [4.69, 9.17) is 22.1 Å². The minimum absolute atomic E-state index is 0.271. The Morgan fingerprint density at radius 3 is 2.76 bits per heavy atom. The molecule has 3 nitrogen and oxygen atoms in total. The Kier molecular flexibility index (Phi) is 3.79. The van der Waals surface area contributed by atoms with E-state index >= 15 is 0 Å². The number of hydrogen-bond acceptors (Lipinski definition) is 3. The molecule has 1 aliphatic rings. The van der Waals surface area contributed by atoms with E-state index < -0.39 is 0 Å². The lowest BCUT2D eigenvalue weighted by Crippen LogP contribution is -2.43. The van der Waals surface area contributed by atoms with E-state index in [-0.39, 0.29) is 5.41 Å². The predicted molar refractivity (Wildman–Crippen MR) is 71.8 cm³/mol. The fraction of sp³-hybridized carbons (Fsp3) is 0.538. The Hall–Kier alpha value is -0.930. The molecule has 0 heterocycles. The van der Waals surface area contributed by atoms with E-state index in [1.54, 1.807) is 7.11 Å². The van der Waals surface area contributed by atoms with Crippen molar-refractivity contribution >= 4 is 17.3 Å². The highest BCUT2D eigenvalue weighted by Crippen LogP contribution is 2.40. The van der Waals surface area contributed by atoms with Gasteiger partial charge in [-0.25, -0.2) is 0 Å². The molecule has 0 aliphatic heterocycles. The van der Waals surface area contributed by atoms with Crippen LogP contribution < -0.4 is 15.8 Å². The second-order valence-electron chi connectivity index (χ2n) is 4.76. The zero-order valence-electron chi connectivity index (χ0n) is 10.1. The van der Waals surface area contributed by atoms with E-state index in [0.29, 0.717) is 5.02 Å². The van der Waals surface area contributed by atoms with Crippen LogP contribution in [-0.2, 0) is 0 Å². The van der Waals surface area contributed by atoms with Gasteiger partial charge in [-0.3, -0.25) is 0 Å². The van der Waals surface area contributed by atoms with E-state index in [2.05, 4.69) is 5.32 Å². The van der Waals surface area contributed by atoms with Crippen LogP contribution in [0.4, 0.5) is 5.69 Å². The van der Waals surface area contributed by atoms with Crippen LogP contribution >= 0.6 is 11.6 Å². The van der Waals surface area contributed by atoms with E-state index in [1.807, 2.05) is 18.2 Å². The number of methoxy groups -OCH3 is 1. The van der Waals surface area contributed by atoms with E-state index in [0.717, 1.165) is 24.5 Å². The molecule has 0 atom stereocenters. The molecule has 1 aliphatic carbocycles. The monoisotopic (exact) mass is 254 g/mol. The van der Waals surface area contributed by atoms with E-state index in [9.17, 15) is 0 Å². The zero-order chi connectivity index (χ0) is 12.3. The van der Waals surface area contributed by atoms with Gasteiger partial charge in [0.05, 0.1) is 12.8 Å². The maximum absolute atomic E-state index is 5.99. The summed E-state index contributed by atoms with van der Waals surface area (Å²) in [5.41, 5.74) is 7.05. The molecule has 1 aromatic rings. The van der Waals surface area contributed by atoms with Gasteiger partial charge in [0, 0.05) is 11.6 Å². The first-order valence-electron chi connectivity index (χ1n) is 5.97. The van der Waals surface area contributed by atoms with Crippen molar-refractivity contribution in [3.05, 3.63) is 23.2 Å². The van der Waals surface area contributed by atoms with Gasteiger partial charge in [0.1, 0.15) is 5.75 Å². The van der Waals surface area contributed by atoms with Crippen molar-refractivity contribution in [3.8, 4) is 5.75 Å². The van der Waals surface area contributed by atoms with Crippen LogP contribution in [-0.4, -0.2) is 20.2 Å². The van der Waals surface area contributed by atoms with Crippen molar-refractivity contribution < 1.29 is 4.74 Å². The SMILES string of the molecule is COc1ccc(Cl)cc1NCC1(CN)CCC1. The molecule has 17 heavy (non-hydrogen) atoms. The van der Waals surface area contributed by atoms with Crippen LogP contribution in [0.1, 0.15) is 19.3 Å². The summed E-state index contributed by atoms with van der Waals surface area (Å²) in [6, 6.07) is 5.59. The molecular weight excluding hydrogens is 236 g/mol. The zero-order valence-corrected chi connectivity index (χ0v) is 10.9. The number of halogens is 1. The molecular formula is C13H19ClN2O. The number of anilines is 1. The molecule has 0 saturated heterocycles. The number of nitrogens with two attached hydrogens (primary N) is 1. The molecule has 1 aromatic carbocycles. The fourth-order valence-corrected chi connectivity index (χ4v) is 2.40. The summed E-state index contributed by atoms with van der Waals surface area (Å²) in [7, 11) is 1.66. The normalized spacial score (nSPS) is 17.4. The molecule has 0 bridgehead atoms. The number of rotatable bonds is 5. The lowest BCUT2D eigenvalue weighted by molar-refractivity contribution is 0.163. The van der Waals surface area contributed by atoms with Gasteiger partial charge in [0.2, 0.25) is 0 Å². The third kappa shape index (κ3) is 2.67. The maximum Gasteiger partial charge on any atom is 0.142 e. The van der Waals surface area contributed by atoms with Gasteiger partial charge >= 0.3 is 0 Å². The number of hydrogen-bond donors (Lipinski definition) is 2. The van der Waals surface area contributed by atoms with Crippen molar-refractivity contribution in [2.75, 3.05) is 25.5 Å². The Bertz CT molecular complexity index is 385. The molecule has 3 N–H and O–H groups in total. The molecule has 0 spiro atoms. The smallest absolute Gasteiger partial charge is 0.142 e. The third-order valence-electron chi connectivity index (χ3n) is 3.66. The van der Waals surface area contributed by atoms with Crippen LogP contribution in [0.2, 0.25) is 5.02 Å². The second-order valence-corrected chi connectivity index (χ2v) is 5.19. The maximum atomic E-state index is 5.99. The van der Waals surface area contributed by atoms with Crippen LogP contribution in [0, 0.1) is 5.41 Å². The first kappa shape index (κ1) is 12.5. The van der Waals surface area contributed by atoms with Crippen molar-refractivity contribution in [1.29, 1.82) is 0 Å². The molecule has 4 heteroatoms. The van der Waals surface area contributed by atoms with Gasteiger partial charge < -0.3 is 15.8 Å². The van der Waals surface area contributed by atoms with Gasteiger partial charge in [-0.1, -0.05) is 18.0 Å². The summed E-state index contributed by atoms with van der Waals surface area (Å²) < 4.78 is 5.30. The van der Waals surface area contributed by atoms with Crippen molar-refractivity contribution in [3.63, 3.8) is 0 Å². The summed E-state index contributed by atoms with van der Waals surface area (Å²) in [6.07, 6.45) is 3.70. The predicted octanol–water partition coefficient (Wildman–Crippen LogP) is 2.89. The average molecular weight is 255 g/mol. The molecule has 0 radical (unpaired) electrons. The molecule has 1 fully saturated rings. The number of ether oxygens (including phenoxy) is 1. The summed E-state index contributed by atoms with van der Waals surface area (Å²) in [4.78, 5) is 0. The Morgan fingerprint density at radius 1 is 1.47 bits per heavy atom. The highest BCUT2D eigenvalue weighted by molar-refractivity contribution is 6.30. The topological polar surface area (TPSA) is 47.3 Å². The summed E-state index contributed by atoms with van der Waals surface area (Å²) in [6.45, 7) is 1.63. The van der Waals surface area contributed by atoms with Gasteiger partial charge in [0.25, 0.3) is 0 Å². The molecule has 0 aromatic heterocycles. The Balaban J connectivity index is 2.05. The van der Waals surface area contributed by atoms with Crippen molar-refractivity contribution in [1.82, 2.24) is 0 Å². The summed E-state index contributed by atoms with van der Waals surface area (Å²) in [5, 5.41) is 4.12.